The fourth-order valence-corrected chi connectivity index (χ4v) is 5.37. The first-order valence-corrected chi connectivity index (χ1v) is 12.0. The smallest absolute Gasteiger partial charge is 0.243 e. The molecule has 2 heterocycles. The summed E-state index contributed by atoms with van der Waals surface area (Å²) >= 11 is 0. The van der Waals surface area contributed by atoms with Crippen molar-refractivity contribution in [2.75, 3.05) is 19.7 Å². The fraction of sp³-hybridized carbons (Fsp3) is 0.391. The molecule has 31 heavy (non-hydrogen) atoms. The highest BCUT2D eigenvalue weighted by molar-refractivity contribution is 7.89. The molecule has 0 amide bonds. The lowest BCUT2D eigenvalue weighted by atomic mass is 9.98. The van der Waals surface area contributed by atoms with E-state index in [9.17, 15) is 8.42 Å². The molecule has 0 radical (unpaired) electrons. The van der Waals surface area contributed by atoms with E-state index >= 15 is 0 Å². The van der Waals surface area contributed by atoms with Crippen LogP contribution in [-0.4, -0.2) is 42.6 Å². The molecule has 0 unspecified atom stereocenters. The average molecular weight is 442 g/mol. The number of hydrogen-bond acceptors (Lipinski definition) is 6. The summed E-state index contributed by atoms with van der Waals surface area (Å²) in [4.78, 5) is 4.94. The largest absolute Gasteiger partial charge is 0.493 e. The van der Waals surface area contributed by atoms with Crippen molar-refractivity contribution in [3.05, 3.63) is 59.5 Å². The first kappa shape index (κ1) is 21.5. The Balaban J connectivity index is 1.47. The van der Waals surface area contributed by atoms with E-state index in [-0.39, 0.29) is 5.92 Å². The number of ether oxygens (including phenoxy) is 1. The SMILES string of the molecule is CCOc1ccccc1-c1noc(C2CCN(S(=O)(=O)c3ccc(C)c(C)c3)CC2)n1. The van der Waals surface area contributed by atoms with Gasteiger partial charge in [-0.05, 0) is 69.0 Å². The highest BCUT2D eigenvalue weighted by Crippen LogP contribution is 2.33. The Kier molecular flexibility index (Phi) is 6.11. The molecule has 0 atom stereocenters. The van der Waals surface area contributed by atoms with Gasteiger partial charge in [0.2, 0.25) is 21.7 Å². The van der Waals surface area contributed by atoms with Crippen molar-refractivity contribution in [1.29, 1.82) is 0 Å². The number of rotatable bonds is 6. The summed E-state index contributed by atoms with van der Waals surface area (Å²) in [6, 6.07) is 12.9. The van der Waals surface area contributed by atoms with E-state index in [2.05, 4.69) is 10.1 Å². The second-order valence-corrected chi connectivity index (χ2v) is 9.75. The van der Waals surface area contributed by atoms with Crippen LogP contribution in [0.4, 0.5) is 0 Å². The summed E-state index contributed by atoms with van der Waals surface area (Å²) in [6.07, 6.45) is 1.28. The molecule has 3 aromatic rings. The number of para-hydroxylation sites is 1. The number of sulfonamides is 1. The van der Waals surface area contributed by atoms with Crippen LogP contribution in [0.5, 0.6) is 5.75 Å². The Hall–Kier alpha value is -2.71. The zero-order chi connectivity index (χ0) is 22.0. The molecule has 164 valence electrons. The predicted octanol–water partition coefficient (Wildman–Crippen LogP) is 4.32. The van der Waals surface area contributed by atoms with Crippen LogP contribution in [0.2, 0.25) is 0 Å². The van der Waals surface area contributed by atoms with Crippen molar-refractivity contribution in [1.82, 2.24) is 14.4 Å². The predicted molar refractivity (Wildman–Crippen MR) is 118 cm³/mol. The fourth-order valence-electron chi connectivity index (χ4n) is 3.81. The Morgan fingerprint density at radius 3 is 2.55 bits per heavy atom. The molecule has 1 aromatic heterocycles. The third kappa shape index (κ3) is 4.36. The third-order valence-electron chi connectivity index (χ3n) is 5.79. The summed E-state index contributed by atoms with van der Waals surface area (Å²) in [6.45, 7) is 7.23. The first-order chi connectivity index (χ1) is 14.9. The van der Waals surface area contributed by atoms with Crippen LogP contribution < -0.4 is 4.74 Å². The van der Waals surface area contributed by atoms with E-state index in [0.717, 1.165) is 16.7 Å². The molecule has 1 aliphatic rings. The van der Waals surface area contributed by atoms with Gasteiger partial charge in [-0.15, -0.1) is 0 Å². The van der Waals surface area contributed by atoms with Crippen molar-refractivity contribution >= 4 is 10.0 Å². The van der Waals surface area contributed by atoms with Crippen LogP contribution in [0, 0.1) is 13.8 Å². The average Bonchev–Trinajstić information content (AvgIpc) is 3.26. The standard InChI is InChI=1S/C23H27N3O4S/c1-4-29-21-8-6-5-7-20(21)22-24-23(30-25-22)18-11-13-26(14-12-18)31(27,28)19-10-9-16(2)17(3)15-19/h5-10,15,18H,4,11-14H2,1-3H3. The van der Waals surface area contributed by atoms with Gasteiger partial charge in [-0.25, -0.2) is 8.42 Å². The van der Waals surface area contributed by atoms with Crippen molar-refractivity contribution in [2.45, 2.75) is 44.4 Å². The molecule has 2 aromatic carbocycles. The lowest BCUT2D eigenvalue weighted by Crippen LogP contribution is -2.38. The molecule has 0 aliphatic carbocycles. The number of benzene rings is 2. The zero-order valence-corrected chi connectivity index (χ0v) is 18.9. The molecule has 7 nitrogen and oxygen atoms in total. The van der Waals surface area contributed by atoms with E-state index in [0.29, 0.717) is 54.9 Å². The van der Waals surface area contributed by atoms with Crippen molar-refractivity contribution in [3.8, 4) is 17.1 Å². The molecule has 0 spiro atoms. The molecule has 0 bridgehead atoms. The molecule has 8 heteroatoms. The monoisotopic (exact) mass is 441 g/mol. The lowest BCUT2D eigenvalue weighted by molar-refractivity contribution is 0.270. The minimum atomic E-state index is -3.51. The van der Waals surface area contributed by atoms with E-state index in [1.165, 1.54) is 0 Å². The number of piperidine rings is 1. The molecule has 1 saturated heterocycles. The summed E-state index contributed by atoms with van der Waals surface area (Å²) in [5.41, 5.74) is 2.84. The van der Waals surface area contributed by atoms with Gasteiger partial charge in [-0.1, -0.05) is 23.4 Å². The Morgan fingerprint density at radius 2 is 1.84 bits per heavy atom. The molecule has 1 fully saturated rings. The van der Waals surface area contributed by atoms with Crippen LogP contribution in [0.3, 0.4) is 0 Å². The van der Waals surface area contributed by atoms with E-state index in [4.69, 9.17) is 9.26 Å². The second kappa shape index (κ2) is 8.80. The van der Waals surface area contributed by atoms with E-state index < -0.39 is 10.0 Å². The molecular weight excluding hydrogens is 414 g/mol. The second-order valence-electron chi connectivity index (χ2n) is 7.81. The van der Waals surface area contributed by atoms with Crippen molar-refractivity contribution in [3.63, 3.8) is 0 Å². The minimum absolute atomic E-state index is 0.0340. The Labute approximate surface area is 183 Å². The number of aromatic nitrogens is 2. The molecule has 0 N–H and O–H groups in total. The lowest BCUT2D eigenvalue weighted by Gasteiger charge is -2.29. The van der Waals surface area contributed by atoms with Gasteiger partial charge in [-0.2, -0.15) is 9.29 Å². The summed E-state index contributed by atoms with van der Waals surface area (Å²) in [5.74, 6) is 1.78. The highest BCUT2D eigenvalue weighted by Gasteiger charge is 2.32. The maximum absolute atomic E-state index is 13.0. The van der Waals surface area contributed by atoms with Crippen LogP contribution in [0.25, 0.3) is 11.4 Å². The van der Waals surface area contributed by atoms with Crippen LogP contribution in [0.15, 0.2) is 51.9 Å². The third-order valence-corrected chi connectivity index (χ3v) is 7.68. The first-order valence-electron chi connectivity index (χ1n) is 10.5. The maximum atomic E-state index is 13.0. The van der Waals surface area contributed by atoms with Gasteiger partial charge in [-0.3, -0.25) is 0 Å². The minimum Gasteiger partial charge on any atom is -0.493 e. The van der Waals surface area contributed by atoms with Gasteiger partial charge >= 0.3 is 0 Å². The number of hydrogen-bond donors (Lipinski definition) is 0. The number of aryl methyl sites for hydroxylation is 2. The van der Waals surface area contributed by atoms with E-state index in [1.54, 1.807) is 16.4 Å². The summed E-state index contributed by atoms with van der Waals surface area (Å²) in [7, 11) is -3.51. The Bertz CT molecular complexity index is 1170. The summed E-state index contributed by atoms with van der Waals surface area (Å²) < 4.78 is 38.8. The zero-order valence-electron chi connectivity index (χ0n) is 18.0. The normalized spacial score (nSPS) is 15.8. The maximum Gasteiger partial charge on any atom is 0.243 e. The van der Waals surface area contributed by atoms with Gasteiger partial charge < -0.3 is 9.26 Å². The van der Waals surface area contributed by atoms with Crippen LogP contribution in [0.1, 0.15) is 42.7 Å². The van der Waals surface area contributed by atoms with Crippen molar-refractivity contribution < 1.29 is 17.7 Å². The quantitative estimate of drug-likeness (QED) is 0.566. The van der Waals surface area contributed by atoms with Gasteiger partial charge in [0.05, 0.1) is 17.1 Å². The number of nitrogens with zero attached hydrogens (tertiary/aromatic N) is 3. The van der Waals surface area contributed by atoms with Crippen LogP contribution >= 0.6 is 0 Å². The molecule has 4 rings (SSSR count). The summed E-state index contributed by atoms with van der Waals surface area (Å²) in [5, 5.41) is 4.14. The van der Waals surface area contributed by atoms with Gasteiger partial charge in [0.1, 0.15) is 5.75 Å². The van der Waals surface area contributed by atoms with Crippen LogP contribution in [-0.2, 0) is 10.0 Å². The van der Waals surface area contributed by atoms with Gasteiger partial charge in [0.25, 0.3) is 0 Å². The van der Waals surface area contributed by atoms with Gasteiger partial charge in [0.15, 0.2) is 0 Å². The highest BCUT2D eigenvalue weighted by atomic mass is 32.2. The molecule has 1 aliphatic heterocycles. The molecule has 0 saturated carbocycles. The van der Waals surface area contributed by atoms with Crippen molar-refractivity contribution in [2.24, 2.45) is 0 Å². The molecular formula is C23H27N3O4S. The van der Waals surface area contributed by atoms with E-state index in [1.807, 2.05) is 51.1 Å². The van der Waals surface area contributed by atoms with Gasteiger partial charge in [0, 0.05) is 19.0 Å². The topological polar surface area (TPSA) is 85.5 Å². The Morgan fingerprint density at radius 1 is 1.10 bits per heavy atom.